The van der Waals surface area contributed by atoms with Gasteiger partial charge in [-0.15, -0.1) is 0 Å². The highest BCUT2D eigenvalue weighted by Gasteiger charge is 2.11. The van der Waals surface area contributed by atoms with Crippen molar-refractivity contribution in [1.29, 1.82) is 0 Å². The fourth-order valence-electron chi connectivity index (χ4n) is 2.07. The minimum absolute atomic E-state index is 0.0825. The number of amides is 1. The van der Waals surface area contributed by atoms with Crippen LogP contribution in [-0.2, 0) is 14.6 Å². The highest BCUT2D eigenvalue weighted by atomic mass is 17.2. The highest BCUT2D eigenvalue weighted by Crippen LogP contribution is 2.20. The topological polar surface area (TPSA) is 104 Å². The molecule has 0 fully saturated rings. The summed E-state index contributed by atoms with van der Waals surface area (Å²) in [5, 5.41) is 3.52. The van der Waals surface area contributed by atoms with E-state index in [2.05, 4.69) is 15.1 Å². The minimum Gasteiger partial charge on any atom is -0.423 e. The van der Waals surface area contributed by atoms with Gasteiger partial charge in [-0.05, 0) is 24.6 Å². The summed E-state index contributed by atoms with van der Waals surface area (Å²) < 4.78 is 5.13. The van der Waals surface area contributed by atoms with E-state index in [-0.39, 0.29) is 18.9 Å². The second kappa shape index (κ2) is 7.17. The Labute approximate surface area is 126 Å². The van der Waals surface area contributed by atoms with Gasteiger partial charge in [-0.3, -0.25) is 4.79 Å². The molecule has 0 radical (unpaired) electrons. The van der Waals surface area contributed by atoms with Gasteiger partial charge in [-0.2, -0.15) is 0 Å². The van der Waals surface area contributed by atoms with Crippen molar-refractivity contribution in [1.82, 2.24) is 0 Å². The second-order valence-electron chi connectivity index (χ2n) is 4.92. The predicted octanol–water partition coefficient (Wildman–Crippen LogP) is 1.34. The Hall–Kier alpha value is -2.22. The summed E-state index contributed by atoms with van der Waals surface area (Å²) >= 11 is 0. The first-order chi connectivity index (χ1) is 10.5. The maximum atomic E-state index is 11.9. The van der Waals surface area contributed by atoms with Crippen molar-refractivity contribution in [2.24, 2.45) is 5.73 Å². The third-order valence-corrected chi connectivity index (χ3v) is 3.08. The molecule has 1 atom stereocenters. The molecule has 0 aliphatic carbocycles. The lowest BCUT2D eigenvalue weighted by Crippen LogP contribution is -2.31. The largest absolute Gasteiger partial charge is 0.423 e. The summed E-state index contributed by atoms with van der Waals surface area (Å²) in [5.74, 6) is -0.262. The molecule has 1 amide bonds. The number of hydrogen-bond acceptors (Lipinski definition) is 6. The first kappa shape index (κ1) is 16.2. The molecule has 7 nitrogen and oxygen atoms in total. The molecule has 1 heterocycles. The summed E-state index contributed by atoms with van der Waals surface area (Å²) in [6.07, 6.45) is 0.0825. The summed E-state index contributed by atoms with van der Waals surface area (Å²) in [7, 11) is 1.37. The Morgan fingerprint density at radius 2 is 2.18 bits per heavy atom. The van der Waals surface area contributed by atoms with Gasteiger partial charge >= 0.3 is 5.63 Å². The fourth-order valence-corrected chi connectivity index (χ4v) is 2.07. The fraction of sp³-hybridized carbons (Fsp3) is 0.333. The minimum atomic E-state index is -0.472. The molecule has 3 N–H and O–H groups in total. The molecule has 1 aromatic heterocycles. The van der Waals surface area contributed by atoms with E-state index in [4.69, 9.17) is 10.2 Å². The van der Waals surface area contributed by atoms with Crippen molar-refractivity contribution in [2.75, 3.05) is 19.0 Å². The van der Waals surface area contributed by atoms with Crippen LogP contribution in [0, 0.1) is 6.92 Å². The third-order valence-electron chi connectivity index (χ3n) is 3.08. The van der Waals surface area contributed by atoms with Crippen LogP contribution >= 0.6 is 0 Å². The van der Waals surface area contributed by atoms with Crippen LogP contribution in [0.5, 0.6) is 0 Å². The van der Waals surface area contributed by atoms with E-state index in [0.717, 1.165) is 10.9 Å². The molecule has 0 bridgehead atoms. The van der Waals surface area contributed by atoms with Gasteiger partial charge in [0.25, 0.3) is 0 Å². The molecular formula is C15H18N2O5. The van der Waals surface area contributed by atoms with Crippen LogP contribution in [0.15, 0.2) is 33.5 Å². The van der Waals surface area contributed by atoms with Crippen LogP contribution < -0.4 is 16.7 Å². The molecule has 0 saturated heterocycles. The van der Waals surface area contributed by atoms with Crippen molar-refractivity contribution in [3.63, 3.8) is 0 Å². The van der Waals surface area contributed by atoms with E-state index in [1.807, 2.05) is 6.92 Å². The lowest BCUT2D eigenvalue weighted by Gasteiger charge is -2.11. The van der Waals surface area contributed by atoms with Crippen LogP contribution in [0.2, 0.25) is 0 Å². The molecule has 2 aromatic rings. The zero-order valence-corrected chi connectivity index (χ0v) is 12.4. The van der Waals surface area contributed by atoms with E-state index in [0.29, 0.717) is 11.3 Å². The average molecular weight is 306 g/mol. The lowest BCUT2D eigenvalue weighted by molar-refractivity contribution is -0.274. The van der Waals surface area contributed by atoms with Gasteiger partial charge in [-0.25, -0.2) is 14.6 Å². The van der Waals surface area contributed by atoms with E-state index >= 15 is 0 Å². The van der Waals surface area contributed by atoms with Crippen molar-refractivity contribution >= 4 is 22.6 Å². The van der Waals surface area contributed by atoms with Crippen molar-refractivity contribution < 1.29 is 19.0 Å². The highest BCUT2D eigenvalue weighted by molar-refractivity contribution is 5.93. The van der Waals surface area contributed by atoms with Gasteiger partial charge in [0.05, 0.1) is 13.7 Å². The molecule has 2 rings (SSSR count). The standard InChI is InChI=1S/C15H18N2O5/c1-9-5-15(19)22-13-7-11(3-4-12(9)13)17-14(18)6-10(16)8-21-20-2/h3-5,7,10H,6,8,16H2,1-2H3,(H,17,18)/t10-/m0/s1. The van der Waals surface area contributed by atoms with Crippen LogP contribution in [-0.4, -0.2) is 25.7 Å². The number of rotatable bonds is 6. The maximum Gasteiger partial charge on any atom is 0.336 e. The number of nitrogens with one attached hydrogen (secondary N) is 1. The number of hydrogen-bond donors (Lipinski definition) is 2. The number of anilines is 1. The molecule has 0 aliphatic rings. The Balaban J connectivity index is 2.08. The van der Waals surface area contributed by atoms with E-state index in [9.17, 15) is 9.59 Å². The molecule has 0 unspecified atom stereocenters. The number of fused-ring (bicyclic) bond motifs is 1. The summed E-state index contributed by atoms with van der Waals surface area (Å²) in [5.41, 5.74) is 7.08. The Bertz CT molecular complexity index is 725. The van der Waals surface area contributed by atoms with Gasteiger partial charge in [0, 0.05) is 35.7 Å². The van der Waals surface area contributed by atoms with Gasteiger partial charge in [0.2, 0.25) is 5.91 Å². The SMILES string of the molecule is COOC[C@@H](N)CC(=O)Nc1ccc2c(C)cc(=O)oc2c1. The quantitative estimate of drug-likeness (QED) is 0.474. The van der Waals surface area contributed by atoms with Crippen LogP contribution in [0.4, 0.5) is 5.69 Å². The first-order valence-corrected chi connectivity index (χ1v) is 6.75. The number of nitrogens with two attached hydrogens (primary N) is 1. The number of aryl methyl sites for hydroxylation is 1. The Morgan fingerprint density at radius 3 is 2.91 bits per heavy atom. The Kier molecular flexibility index (Phi) is 5.26. The van der Waals surface area contributed by atoms with Gasteiger partial charge in [0.15, 0.2) is 0 Å². The summed E-state index contributed by atoms with van der Waals surface area (Å²) in [6.45, 7) is 1.95. The van der Waals surface area contributed by atoms with E-state index in [1.54, 1.807) is 18.2 Å². The van der Waals surface area contributed by atoms with E-state index < -0.39 is 11.7 Å². The molecular weight excluding hydrogens is 288 g/mol. The van der Waals surface area contributed by atoms with Crippen LogP contribution in [0.25, 0.3) is 11.0 Å². The number of carbonyl (C=O) groups is 1. The zero-order valence-electron chi connectivity index (χ0n) is 12.4. The third kappa shape index (κ3) is 4.14. The smallest absolute Gasteiger partial charge is 0.336 e. The second-order valence-corrected chi connectivity index (χ2v) is 4.92. The summed E-state index contributed by atoms with van der Waals surface area (Å²) in [4.78, 5) is 32.4. The average Bonchev–Trinajstić information content (AvgIpc) is 2.44. The van der Waals surface area contributed by atoms with Crippen molar-refractivity contribution in [2.45, 2.75) is 19.4 Å². The zero-order chi connectivity index (χ0) is 16.1. The first-order valence-electron chi connectivity index (χ1n) is 6.75. The molecule has 22 heavy (non-hydrogen) atoms. The predicted molar refractivity (Wildman–Crippen MR) is 81.4 cm³/mol. The van der Waals surface area contributed by atoms with Gasteiger partial charge < -0.3 is 15.5 Å². The van der Waals surface area contributed by atoms with Crippen LogP contribution in [0.3, 0.4) is 0 Å². The molecule has 0 spiro atoms. The van der Waals surface area contributed by atoms with Crippen LogP contribution in [0.1, 0.15) is 12.0 Å². The molecule has 0 aliphatic heterocycles. The molecule has 0 saturated carbocycles. The molecule has 7 heteroatoms. The van der Waals surface area contributed by atoms with Crippen molar-refractivity contribution in [3.05, 3.63) is 40.2 Å². The van der Waals surface area contributed by atoms with Gasteiger partial charge in [-0.1, -0.05) is 0 Å². The lowest BCUT2D eigenvalue weighted by atomic mass is 10.1. The van der Waals surface area contributed by atoms with Crippen molar-refractivity contribution in [3.8, 4) is 0 Å². The van der Waals surface area contributed by atoms with Gasteiger partial charge in [0.1, 0.15) is 5.58 Å². The molecule has 1 aromatic carbocycles. The number of benzene rings is 1. The maximum absolute atomic E-state index is 11.9. The van der Waals surface area contributed by atoms with E-state index in [1.165, 1.54) is 13.2 Å². The number of carbonyl (C=O) groups excluding carboxylic acids is 1. The summed E-state index contributed by atoms with van der Waals surface area (Å²) in [6, 6.07) is 6.09. The Morgan fingerprint density at radius 1 is 1.41 bits per heavy atom. The normalized spacial score (nSPS) is 12.3. The monoisotopic (exact) mass is 306 g/mol. The molecule has 118 valence electrons.